The molecule has 1 saturated carbocycles. The van der Waals surface area contributed by atoms with Gasteiger partial charge in [-0.1, -0.05) is 0 Å². The van der Waals surface area contributed by atoms with Crippen LogP contribution in [-0.4, -0.2) is 58.5 Å². The van der Waals surface area contributed by atoms with Gasteiger partial charge in [-0.3, -0.25) is 4.99 Å². The van der Waals surface area contributed by atoms with Crippen LogP contribution in [0.5, 0.6) is 0 Å². The van der Waals surface area contributed by atoms with Gasteiger partial charge in [0.05, 0.1) is 24.9 Å². The predicted molar refractivity (Wildman–Crippen MR) is 123 cm³/mol. The van der Waals surface area contributed by atoms with Gasteiger partial charge >= 0.3 is 0 Å². The molecule has 2 aromatic heterocycles. The second-order valence-electron chi connectivity index (χ2n) is 7.69. The minimum Gasteiger partial charge on any atom is -0.405 e. The number of rotatable bonds is 4. The summed E-state index contributed by atoms with van der Waals surface area (Å²) in [6.45, 7) is 4.22. The van der Waals surface area contributed by atoms with Crippen LogP contribution in [0.2, 0.25) is 0 Å². The molecule has 0 atom stereocenters. The van der Waals surface area contributed by atoms with E-state index in [9.17, 15) is 8.78 Å². The Hall–Kier alpha value is -3.53. The molecular weight excluding hydrogens is 428 g/mol. The van der Waals surface area contributed by atoms with Crippen LogP contribution in [0.15, 0.2) is 41.7 Å². The van der Waals surface area contributed by atoms with Crippen LogP contribution in [0.1, 0.15) is 18.5 Å². The lowest BCUT2D eigenvalue weighted by molar-refractivity contribution is 0.122. The SMILES string of the molecule is Cc1cnc2c(-c3ccc(F)cc3F)nc(N3CCOCC3)nc2n1.N/C=C\C=NC1CC1. The van der Waals surface area contributed by atoms with Crippen molar-refractivity contribution >= 4 is 23.3 Å². The zero-order valence-electron chi connectivity index (χ0n) is 18.3. The first-order valence-corrected chi connectivity index (χ1v) is 10.7. The zero-order valence-corrected chi connectivity index (χ0v) is 18.3. The largest absolute Gasteiger partial charge is 0.405 e. The Balaban J connectivity index is 0.000000275. The molecule has 0 amide bonds. The Bertz CT molecular complexity index is 1170. The number of nitrogens with two attached hydrogens (primary N) is 1. The topological polar surface area (TPSA) is 102 Å². The number of hydrogen-bond acceptors (Lipinski definition) is 8. The molecule has 1 aliphatic heterocycles. The Morgan fingerprint density at radius 2 is 1.94 bits per heavy atom. The van der Waals surface area contributed by atoms with Crippen molar-refractivity contribution in [3.05, 3.63) is 54.0 Å². The number of aliphatic imine (C=N–C) groups is 1. The molecule has 2 fully saturated rings. The van der Waals surface area contributed by atoms with E-state index in [-0.39, 0.29) is 5.56 Å². The summed E-state index contributed by atoms with van der Waals surface area (Å²) in [6, 6.07) is 4.00. The molecule has 1 aromatic carbocycles. The third-order valence-electron chi connectivity index (χ3n) is 5.04. The molecule has 0 spiro atoms. The summed E-state index contributed by atoms with van der Waals surface area (Å²) in [5.41, 5.74) is 7.00. The summed E-state index contributed by atoms with van der Waals surface area (Å²) < 4.78 is 33.0. The number of halogens is 2. The van der Waals surface area contributed by atoms with Gasteiger partial charge in [0.2, 0.25) is 5.95 Å². The zero-order chi connectivity index (χ0) is 23.2. The summed E-state index contributed by atoms with van der Waals surface area (Å²) in [5, 5.41) is 0. The number of anilines is 1. The van der Waals surface area contributed by atoms with E-state index in [0.29, 0.717) is 60.8 Å². The van der Waals surface area contributed by atoms with E-state index < -0.39 is 11.6 Å². The Morgan fingerprint density at radius 1 is 1.15 bits per heavy atom. The molecule has 0 radical (unpaired) electrons. The highest BCUT2D eigenvalue weighted by molar-refractivity contribution is 5.88. The molecule has 0 bridgehead atoms. The van der Waals surface area contributed by atoms with Gasteiger partial charge in [-0.25, -0.2) is 23.7 Å². The number of ether oxygens (including phenoxy) is 1. The number of hydrogen-bond donors (Lipinski definition) is 1. The number of aryl methyl sites for hydroxylation is 1. The van der Waals surface area contributed by atoms with E-state index in [0.717, 1.165) is 6.07 Å². The Morgan fingerprint density at radius 3 is 2.64 bits per heavy atom. The highest BCUT2D eigenvalue weighted by atomic mass is 19.1. The smallest absolute Gasteiger partial charge is 0.228 e. The molecule has 1 saturated heterocycles. The molecule has 3 aromatic rings. The fraction of sp³-hybridized carbons (Fsp3) is 0.348. The van der Waals surface area contributed by atoms with E-state index in [1.54, 1.807) is 25.4 Å². The van der Waals surface area contributed by atoms with Crippen LogP contribution < -0.4 is 10.6 Å². The average Bonchev–Trinajstić information content (AvgIpc) is 3.64. The first-order valence-electron chi connectivity index (χ1n) is 10.7. The van der Waals surface area contributed by atoms with E-state index in [4.69, 9.17) is 10.5 Å². The average molecular weight is 453 g/mol. The van der Waals surface area contributed by atoms with Crippen molar-refractivity contribution in [2.75, 3.05) is 31.2 Å². The van der Waals surface area contributed by atoms with Crippen molar-refractivity contribution in [1.29, 1.82) is 0 Å². The maximum Gasteiger partial charge on any atom is 0.228 e. The minimum absolute atomic E-state index is 0.168. The minimum atomic E-state index is -0.699. The summed E-state index contributed by atoms with van der Waals surface area (Å²) >= 11 is 0. The number of nitrogens with zero attached hydrogens (tertiary/aromatic N) is 6. The predicted octanol–water partition coefficient (Wildman–Crippen LogP) is 3.20. The molecular formula is C23H25F2N7O. The van der Waals surface area contributed by atoms with Gasteiger partial charge in [0.25, 0.3) is 0 Å². The van der Waals surface area contributed by atoms with Crippen molar-refractivity contribution in [2.45, 2.75) is 25.8 Å². The van der Waals surface area contributed by atoms with Gasteiger partial charge in [0.15, 0.2) is 5.65 Å². The van der Waals surface area contributed by atoms with Gasteiger partial charge < -0.3 is 15.4 Å². The van der Waals surface area contributed by atoms with Crippen molar-refractivity contribution in [3.8, 4) is 11.3 Å². The molecule has 33 heavy (non-hydrogen) atoms. The third kappa shape index (κ3) is 5.83. The summed E-state index contributed by atoms with van der Waals surface area (Å²) in [5.74, 6) is -0.903. The maximum absolute atomic E-state index is 14.3. The first kappa shape index (κ1) is 22.7. The monoisotopic (exact) mass is 453 g/mol. The van der Waals surface area contributed by atoms with Crippen LogP contribution in [-0.2, 0) is 4.74 Å². The van der Waals surface area contributed by atoms with Gasteiger partial charge in [0, 0.05) is 37.1 Å². The molecule has 5 rings (SSSR count). The lowest BCUT2D eigenvalue weighted by atomic mass is 10.1. The fourth-order valence-electron chi connectivity index (χ4n) is 3.20. The third-order valence-corrected chi connectivity index (χ3v) is 5.04. The molecule has 8 nitrogen and oxygen atoms in total. The van der Waals surface area contributed by atoms with Crippen LogP contribution >= 0.6 is 0 Å². The molecule has 2 aliphatic rings. The fourth-order valence-corrected chi connectivity index (χ4v) is 3.20. The van der Waals surface area contributed by atoms with Gasteiger partial charge in [0.1, 0.15) is 22.8 Å². The Labute approximate surface area is 190 Å². The molecule has 0 unspecified atom stereocenters. The number of allylic oxidation sites excluding steroid dienone is 1. The summed E-state index contributed by atoms with van der Waals surface area (Å²) in [4.78, 5) is 23.8. The van der Waals surface area contributed by atoms with Gasteiger partial charge in [-0.15, -0.1) is 0 Å². The number of fused-ring (bicyclic) bond motifs is 1. The number of aromatic nitrogens is 4. The van der Waals surface area contributed by atoms with Crippen molar-refractivity contribution in [3.63, 3.8) is 0 Å². The lowest BCUT2D eigenvalue weighted by Crippen LogP contribution is -2.37. The maximum atomic E-state index is 14.3. The molecule has 2 N–H and O–H groups in total. The lowest BCUT2D eigenvalue weighted by Gasteiger charge is -2.27. The van der Waals surface area contributed by atoms with Gasteiger partial charge in [-0.05, 0) is 44.2 Å². The van der Waals surface area contributed by atoms with Crippen molar-refractivity contribution < 1.29 is 13.5 Å². The van der Waals surface area contributed by atoms with E-state index in [1.165, 1.54) is 31.2 Å². The first-order chi connectivity index (χ1) is 16.0. The van der Waals surface area contributed by atoms with Crippen molar-refractivity contribution in [1.82, 2.24) is 19.9 Å². The summed E-state index contributed by atoms with van der Waals surface area (Å²) in [7, 11) is 0. The van der Waals surface area contributed by atoms with E-state index in [2.05, 4.69) is 24.9 Å². The molecule has 172 valence electrons. The standard InChI is InChI=1S/C17H15F2N5O.C6H10N2/c1-10-9-20-15-14(12-3-2-11(18)8-13(12)19)22-17(23-16(15)21-10)24-4-6-25-7-5-24;7-4-1-5-8-6-2-3-6/h2-3,8-9H,4-7H2,1H3;1,4-6H,2-3,7H2/b;4-1-,8-5?. The molecule has 1 aliphatic carbocycles. The number of morpholine rings is 1. The van der Waals surface area contributed by atoms with Crippen LogP contribution in [0.3, 0.4) is 0 Å². The van der Waals surface area contributed by atoms with Crippen molar-refractivity contribution in [2.24, 2.45) is 10.7 Å². The van der Waals surface area contributed by atoms with Crippen LogP contribution in [0.25, 0.3) is 22.4 Å². The van der Waals surface area contributed by atoms with E-state index in [1.807, 2.05) is 4.90 Å². The highest BCUT2D eigenvalue weighted by Gasteiger charge is 2.20. The quantitative estimate of drug-likeness (QED) is 0.605. The van der Waals surface area contributed by atoms with Crippen LogP contribution in [0.4, 0.5) is 14.7 Å². The molecule has 3 heterocycles. The van der Waals surface area contributed by atoms with Crippen LogP contribution in [0, 0.1) is 18.6 Å². The second-order valence-corrected chi connectivity index (χ2v) is 7.69. The van der Waals surface area contributed by atoms with Gasteiger partial charge in [-0.2, -0.15) is 4.98 Å². The summed E-state index contributed by atoms with van der Waals surface area (Å²) in [6.07, 6.45) is 9.09. The number of benzene rings is 1. The second kappa shape index (κ2) is 10.4. The normalized spacial score (nSPS) is 16.4. The molecule has 10 heteroatoms. The Kier molecular flexibility index (Phi) is 7.13. The highest BCUT2D eigenvalue weighted by Crippen LogP contribution is 2.29. The van der Waals surface area contributed by atoms with E-state index >= 15 is 0 Å².